The zero-order chi connectivity index (χ0) is 45.7. The zero-order valence-corrected chi connectivity index (χ0v) is 41.5. The lowest BCUT2D eigenvalue weighted by Crippen LogP contribution is -2.37. The van der Waals surface area contributed by atoms with Crippen molar-refractivity contribution < 1.29 is 42.1 Å². The van der Waals surface area contributed by atoms with Crippen molar-refractivity contribution in [3.63, 3.8) is 0 Å². The SMILES string of the molecule is CC/C=C/C/C=C/C/C=C/CCCCCCCC(=O)O[C@@H](COC(=O)CCC/C=C/CC/C=C/CCCCCCCCCCCCCCCC)COP(=O)(O)OCC[N+](C)(C)C. The molecule has 0 radical (unpaired) electrons. The first-order chi connectivity index (χ1) is 30.0. The van der Waals surface area contributed by atoms with Crippen LogP contribution >= 0.6 is 7.82 Å². The number of phosphoric acid groups is 1. The summed E-state index contributed by atoms with van der Waals surface area (Å²) >= 11 is 0. The number of allylic oxidation sites excluding steroid dienone is 10. The molecule has 0 amide bonds. The quantitative estimate of drug-likeness (QED) is 0.0212. The largest absolute Gasteiger partial charge is 0.472 e. The van der Waals surface area contributed by atoms with Gasteiger partial charge >= 0.3 is 19.8 Å². The van der Waals surface area contributed by atoms with E-state index in [1.807, 2.05) is 21.1 Å². The molecule has 0 aliphatic rings. The van der Waals surface area contributed by atoms with Gasteiger partial charge in [0.15, 0.2) is 6.10 Å². The second kappa shape index (κ2) is 43.9. The smallest absolute Gasteiger partial charge is 0.462 e. The Morgan fingerprint density at radius 1 is 0.516 bits per heavy atom. The van der Waals surface area contributed by atoms with E-state index in [-0.39, 0.29) is 26.1 Å². The van der Waals surface area contributed by atoms with Crippen molar-refractivity contribution in [3.05, 3.63) is 60.8 Å². The molecule has 62 heavy (non-hydrogen) atoms. The number of esters is 2. The van der Waals surface area contributed by atoms with Gasteiger partial charge in [-0.05, 0) is 77.0 Å². The van der Waals surface area contributed by atoms with Crippen LogP contribution in [0.2, 0.25) is 0 Å². The molecular weight excluding hydrogens is 798 g/mol. The summed E-state index contributed by atoms with van der Waals surface area (Å²) < 4.78 is 34.3. The molecule has 360 valence electrons. The fourth-order valence-corrected chi connectivity index (χ4v) is 7.38. The number of unbranched alkanes of at least 4 members (excludes halogenated alkanes) is 21. The van der Waals surface area contributed by atoms with Crippen LogP contribution < -0.4 is 0 Å². The third kappa shape index (κ3) is 47.2. The van der Waals surface area contributed by atoms with E-state index >= 15 is 0 Å². The fraction of sp³-hybridized carbons (Fsp3) is 0.769. The zero-order valence-electron chi connectivity index (χ0n) is 40.6. The van der Waals surface area contributed by atoms with Crippen LogP contribution in [0, 0.1) is 0 Å². The summed E-state index contributed by atoms with van der Waals surface area (Å²) in [6, 6.07) is 0. The maximum absolute atomic E-state index is 12.7. The first-order valence-electron chi connectivity index (χ1n) is 25.0. The monoisotopic (exact) mass is 893 g/mol. The number of rotatable bonds is 45. The number of carbonyl (C=O) groups excluding carboxylic acids is 2. The Balaban J connectivity index is 4.30. The van der Waals surface area contributed by atoms with Crippen molar-refractivity contribution in [2.45, 2.75) is 213 Å². The molecule has 1 N–H and O–H groups in total. The molecule has 0 rings (SSSR count). The molecule has 1 unspecified atom stereocenters. The highest BCUT2D eigenvalue weighted by Crippen LogP contribution is 2.43. The average Bonchev–Trinajstić information content (AvgIpc) is 3.23. The third-order valence-corrected chi connectivity index (χ3v) is 11.5. The maximum atomic E-state index is 12.7. The third-order valence-electron chi connectivity index (χ3n) is 10.5. The van der Waals surface area contributed by atoms with E-state index in [1.54, 1.807) is 0 Å². The molecule has 2 atom stereocenters. The molecular formula is C52H95NO8P+. The molecule has 0 heterocycles. The van der Waals surface area contributed by atoms with Crippen LogP contribution in [0.4, 0.5) is 0 Å². The summed E-state index contributed by atoms with van der Waals surface area (Å²) in [4.78, 5) is 35.5. The summed E-state index contributed by atoms with van der Waals surface area (Å²) in [7, 11) is 1.44. The van der Waals surface area contributed by atoms with E-state index in [2.05, 4.69) is 74.6 Å². The lowest BCUT2D eigenvalue weighted by atomic mass is 10.0. The number of hydrogen-bond donors (Lipinski definition) is 1. The minimum Gasteiger partial charge on any atom is -0.462 e. The number of quaternary nitrogens is 1. The molecule has 0 saturated carbocycles. The van der Waals surface area contributed by atoms with Crippen LogP contribution in [0.3, 0.4) is 0 Å². The Morgan fingerprint density at radius 3 is 1.48 bits per heavy atom. The highest BCUT2D eigenvalue weighted by Gasteiger charge is 2.27. The summed E-state index contributed by atoms with van der Waals surface area (Å²) in [5, 5.41) is 0. The van der Waals surface area contributed by atoms with Crippen LogP contribution in [-0.2, 0) is 32.7 Å². The fourth-order valence-electron chi connectivity index (χ4n) is 6.64. The molecule has 0 saturated heterocycles. The first-order valence-corrected chi connectivity index (χ1v) is 26.5. The molecule has 0 aromatic heterocycles. The molecule has 0 spiro atoms. The van der Waals surface area contributed by atoms with Gasteiger partial charge in [0, 0.05) is 12.8 Å². The molecule has 0 aliphatic carbocycles. The van der Waals surface area contributed by atoms with Gasteiger partial charge in [-0.3, -0.25) is 18.6 Å². The van der Waals surface area contributed by atoms with E-state index in [1.165, 1.54) is 89.9 Å². The lowest BCUT2D eigenvalue weighted by molar-refractivity contribution is -0.870. The summed E-state index contributed by atoms with van der Waals surface area (Å²) in [5.74, 6) is -0.868. The average molecular weight is 893 g/mol. The summed E-state index contributed by atoms with van der Waals surface area (Å²) in [6.07, 6.45) is 54.4. The first kappa shape index (κ1) is 59.7. The predicted octanol–water partition coefficient (Wildman–Crippen LogP) is 14.8. The van der Waals surface area contributed by atoms with Crippen LogP contribution in [0.1, 0.15) is 206 Å². The number of ether oxygens (including phenoxy) is 2. The number of carbonyl (C=O) groups is 2. The van der Waals surface area contributed by atoms with Crippen LogP contribution in [0.15, 0.2) is 60.8 Å². The van der Waals surface area contributed by atoms with Gasteiger partial charge in [-0.1, -0.05) is 177 Å². The number of likely N-dealkylation sites (N-methyl/N-ethyl adjacent to an activating group) is 1. The van der Waals surface area contributed by atoms with Crippen LogP contribution in [0.5, 0.6) is 0 Å². The second-order valence-corrected chi connectivity index (χ2v) is 19.3. The van der Waals surface area contributed by atoms with Crippen LogP contribution in [-0.4, -0.2) is 74.9 Å². The van der Waals surface area contributed by atoms with Gasteiger partial charge in [-0.15, -0.1) is 0 Å². The molecule has 0 aromatic carbocycles. The molecule has 10 heteroatoms. The van der Waals surface area contributed by atoms with Crippen molar-refractivity contribution in [2.75, 3.05) is 47.5 Å². The molecule has 0 bridgehead atoms. The van der Waals surface area contributed by atoms with Crippen LogP contribution in [0.25, 0.3) is 0 Å². The van der Waals surface area contributed by atoms with Gasteiger partial charge in [0.1, 0.15) is 19.8 Å². The van der Waals surface area contributed by atoms with Gasteiger partial charge < -0.3 is 18.9 Å². The Bertz CT molecular complexity index is 1240. The normalized spacial score (nSPS) is 14.0. The number of phosphoric ester groups is 1. The van der Waals surface area contributed by atoms with E-state index in [9.17, 15) is 19.0 Å². The Morgan fingerprint density at radius 2 is 0.952 bits per heavy atom. The molecule has 0 aromatic rings. The van der Waals surface area contributed by atoms with Crippen molar-refractivity contribution in [2.24, 2.45) is 0 Å². The molecule has 9 nitrogen and oxygen atoms in total. The minimum atomic E-state index is -4.39. The molecule has 0 fully saturated rings. The van der Waals surface area contributed by atoms with Crippen molar-refractivity contribution in [1.82, 2.24) is 0 Å². The van der Waals surface area contributed by atoms with E-state index in [0.717, 1.165) is 77.0 Å². The summed E-state index contributed by atoms with van der Waals surface area (Å²) in [5.41, 5.74) is 0. The maximum Gasteiger partial charge on any atom is 0.472 e. The Hall–Kier alpha value is -2.29. The van der Waals surface area contributed by atoms with Gasteiger partial charge in [0.05, 0.1) is 27.7 Å². The van der Waals surface area contributed by atoms with Gasteiger partial charge in [0.2, 0.25) is 0 Å². The van der Waals surface area contributed by atoms with Crippen molar-refractivity contribution in [1.29, 1.82) is 0 Å². The van der Waals surface area contributed by atoms with Gasteiger partial charge in [-0.2, -0.15) is 0 Å². The van der Waals surface area contributed by atoms with E-state index in [4.69, 9.17) is 18.5 Å². The van der Waals surface area contributed by atoms with E-state index in [0.29, 0.717) is 23.9 Å². The van der Waals surface area contributed by atoms with E-state index < -0.39 is 32.5 Å². The number of nitrogens with zero attached hydrogens (tertiary/aromatic N) is 1. The summed E-state index contributed by atoms with van der Waals surface area (Å²) in [6.45, 7) is 4.26. The lowest BCUT2D eigenvalue weighted by Gasteiger charge is -2.24. The highest BCUT2D eigenvalue weighted by molar-refractivity contribution is 7.47. The topological polar surface area (TPSA) is 108 Å². The highest BCUT2D eigenvalue weighted by atomic mass is 31.2. The Labute approximate surface area is 381 Å². The van der Waals surface area contributed by atoms with Crippen molar-refractivity contribution >= 4 is 19.8 Å². The van der Waals surface area contributed by atoms with Gasteiger partial charge in [0.25, 0.3) is 0 Å². The number of hydrogen-bond acceptors (Lipinski definition) is 7. The standard InChI is InChI=1S/C52H94NO8P/c1-6-8-10-12-14-16-18-20-22-23-24-25-26-27-28-29-31-32-34-36-38-40-42-44-51(54)58-48-50(49-60-62(56,57)59-47-46-53(3,4)5)61-52(55)45-43-41-39-37-35-33-30-21-19-17-15-13-11-9-7-2/h9,11,15,17,21,29-31,36,38,50H,6-8,10,12-14,16,18-20,22-28,32-35,37,39-49H2,1-5H3/p+1/b11-9+,17-15+,30-21+,31-29+,38-36+/t50-/m0/s1. The minimum absolute atomic E-state index is 0.0201. The molecule has 0 aliphatic heterocycles. The van der Waals surface area contributed by atoms with Gasteiger partial charge in [-0.25, -0.2) is 4.57 Å². The second-order valence-electron chi connectivity index (χ2n) is 17.8. The Kier molecular flexibility index (Phi) is 42.3. The predicted molar refractivity (Wildman–Crippen MR) is 261 cm³/mol. The van der Waals surface area contributed by atoms with Crippen molar-refractivity contribution in [3.8, 4) is 0 Å².